The van der Waals surface area contributed by atoms with E-state index in [4.69, 9.17) is 5.73 Å². The van der Waals surface area contributed by atoms with Crippen molar-refractivity contribution in [1.82, 2.24) is 5.32 Å². The number of rotatable bonds is 3. The van der Waals surface area contributed by atoms with Crippen LogP contribution in [0.15, 0.2) is 12.3 Å². The summed E-state index contributed by atoms with van der Waals surface area (Å²) in [7, 11) is 0. The topological polar surface area (TPSA) is 38.0 Å². The fourth-order valence-electron chi connectivity index (χ4n) is 0.285. The summed E-state index contributed by atoms with van der Waals surface area (Å²) in [4.78, 5) is 0. The van der Waals surface area contributed by atoms with Gasteiger partial charge in [-0.2, -0.15) is 0 Å². The molecule has 0 heterocycles. The van der Waals surface area contributed by atoms with E-state index in [1.54, 1.807) is 0 Å². The molecule has 0 spiro atoms. The zero-order chi connectivity index (χ0) is 5.54. The third kappa shape index (κ3) is 5.50. The fourth-order valence-corrected chi connectivity index (χ4v) is 0.285. The summed E-state index contributed by atoms with van der Waals surface area (Å²) < 4.78 is 0. The molecule has 0 aromatic rings. The molecule has 0 fully saturated rings. The largest absolute Gasteiger partial charge is 0.390 e. The van der Waals surface area contributed by atoms with Gasteiger partial charge in [-0.25, -0.2) is 0 Å². The molecule has 42 valence electrons. The van der Waals surface area contributed by atoms with Gasteiger partial charge in [-0.3, -0.25) is 0 Å². The van der Waals surface area contributed by atoms with Crippen molar-refractivity contribution in [3.63, 3.8) is 0 Å². The molecular weight excluding hydrogens is 88.1 g/mol. The average molecular weight is 100 g/mol. The lowest BCUT2D eigenvalue weighted by Crippen LogP contribution is -2.16. The van der Waals surface area contributed by atoms with Gasteiger partial charge >= 0.3 is 0 Å². The highest BCUT2D eigenvalue weighted by Crippen LogP contribution is 1.58. The molecule has 0 aliphatic carbocycles. The molecule has 0 saturated carbocycles. The SMILES string of the molecule is C/C=C/NCCN. The van der Waals surface area contributed by atoms with Crippen LogP contribution in [-0.2, 0) is 0 Å². The molecule has 2 nitrogen and oxygen atoms in total. The molecule has 0 bridgehead atoms. The van der Waals surface area contributed by atoms with Crippen LogP contribution in [0.2, 0.25) is 0 Å². The highest BCUT2D eigenvalue weighted by Gasteiger charge is 1.68. The van der Waals surface area contributed by atoms with Crippen molar-refractivity contribution in [3.8, 4) is 0 Å². The molecule has 0 unspecified atom stereocenters. The predicted molar refractivity (Wildman–Crippen MR) is 31.9 cm³/mol. The summed E-state index contributed by atoms with van der Waals surface area (Å²) >= 11 is 0. The molecule has 0 saturated heterocycles. The van der Waals surface area contributed by atoms with E-state index in [-0.39, 0.29) is 0 Å². The Balaban J connectivity index is 2.69. The number of hydrogen-bond donors (Lipinski definition) is 2. The van der Waals surface area contributed by atoms with Crippen LogP contribution in [0.25, 0.3) is 0 Å². The number of hydrogen-bond acceptors (Lipinski definition) is 2. The maximum atomic E-state index is 5.17. The standard InChI is InChI=1S/C5H12N2/c1-2-4-7-5-3-6/h2,4,7H,3,5-6H2,1H3/b4-2+. The molecule has 0 radical (unpaired) electrons. The maximum absolute atomic E-state index is 5.17. The second-order valence-corrected chi connectivity index (χ2v) is 1.24. The van der Waals surface area contributed by atoms with E-state index in [9.17, 15) is 0 Å². The highest BCUT2D eigenvalue weighted by molar-refractivity contribution is 4.73. The van der Waals surface area contributed by atoms with Gasteiger partial charge in [0.25, 0.3) is 0 Å². The van der Waals surface area contributed by atoms with Crippen LogP contribution >= 0.6 is 0 Å². The fraction of sp³-hybridized carbons (Fsp3) is 0.600. The van der Waals surface area contributed by atoms with Crippen molar-refractivity contribution in [2.75, 3.05) is 13.1 Å². The van der Waals surface area contributed by atoms with E-state index in [1.807, 2.05) is 19.2 Å². The molecule has 0 aromatic heterocycles. The minimum atomic E-state index is 0.699. The van der Waals surface area contributed by atoms with E-state index in [1.165, 1.54) is 0 Å². The smallest absolute Gasteiger partial charge is 0.0264 e. The quantitative estimate of drug-likeness (QED) is 0.492. The first-order valence-corrected chi connectivity index (χ1v) is 2.46. The first-order valence-electron chi connectivity index (χ1n) is 2.46. The highest BCUT2D eigenvalue weighted by atomic mass is 14.8. The van der Waals surface area contributed by atoms with Crippen LogP contribution in [0.1, 0.15) is 6.92 Å². The van der Waals surface area contributed by atoms with Crippen LogP contribution in [0, 0.1) is 0 Å². The van der Waals surface area contributed by atoms with Crippen LogP contribution in [0.4, 0.5) is 0 Å². The van der Waals surface area contributed by atoms with Gasteiger partial charge in [0.2, 0.25) is 0 Å². The Hall–Kier alpha value is -0.500. The van der Waals surface area contributed by atoms with E-state index in [0.29, 0.717) is 6.54 Å². The predicted octanol–water partition coefficient (Wildman–Crippen LogP) is 0.0683. The van der Waals surface area contributed by atoms with Crippen LogP contribution in [0.3, 0.4) is 0 Å². The molecule has 3 N–H and O–H groups in total. The Bertz CT molecular complexity index is 50.0. The summed E-state index contributed by atoms with van der Waals surface area (Å²) in [6.45, 7) is 3.53. The van der Waals surface area contributed by atoms with Gasteiger partial charge in [0.05, 0.1) is 0 Å². The van der Waals surface area contributed by atoms with Crippen LogP contribution in [-0.4, -0.2) is 13.1 Å². The third-order valence-electron chi connectivity index (χ3n) is 0.573. The van der Waals surface area contributed by atoms with Gasteiger partial charge < -0.3 is 11.1 Å². The summed E-state index contributed by atoms with van der Waals surface area (Å²) in [6.07, 6.45) is 3.82. The molecule has 0 atom stereocenters. The van der Waals surface area contributed by atoms with Crippen molar-refractivity contribution in [2.45, 2.75) is 6.92 Å². The summed E-state index contributed by atoms with van der Waals surface area (Å²) in [5.41, 5.74) is 5.17. The third-order valence-corrected chi connectivity index (χ3v) is 0.573. The molecule has 0 aromatic carbocycles. The Morgan fingerprint density at radius 2 is 2.43 bits per heavy atom. The summed E-state index contributed by atoms with van der Waals surface area (Å²) in [5, 5.41) is 2.98. The molecule has 2 heteroatoms. The van der Waals surface area contributed by atoms with Crippen molar-refractivity contribution in [1.29, 1.82) is 0 Å². The van der Waals surface area contributed by atoms with Crippen LogP contribution < -0.4 is 11.1 Å². The number of allylic oxidation sites excluding steroid dienone is 1. The van der Waals surface area contributed by atoms with Crippen molar-refractivity contribution < 1.29 is 0 Å². The molecule has 0 aliphatic rings. The van der Waals surface area contributed by atoms with Gasteiger partial charge in [0.15, 0.2) is 0 Å². The molecule has 0 aliphatic heterocycles. The summed E-state index contributed by atoms with van der Waals surface area (Å²) in [5.74, 6) is 0. The second-order valence-electron chi connectivity index (χ2n) is 1.24. The Morgan fingerprint density at radius 3 is 2.86 bits per heavy atom. The van der Waals surface area contributed by atoms with Crippen molar-refractivity contribution in [3.05, 3.63) is 12.3 Å². The van der Waals surface area contributed by atoms with E-state index >= 15 is 0 Å². The van der Waals surface area contributed by atoms with Crippen molar-refractivity contribution in [2.24, 2.45) is 5.73 Å². The number of nitrogens with one attached hydrogen (secondary N) is 1. The average Bonchev–Trinajstić information content (AvgIpc) is 1.69. The number of nitrogens with two attached hydrogens (primary N) is 1. The minimum absolute atomic E-state index is 0.699. The van der Waals surface area contributed by atoms with E-state index in [2.05, 4.69) is 5.32 Å². The van der Waals surface area contributed by atoms with Gasteiger partial charge in [0.1, 0.15) is 0 Å². The first-order chi connectivity index (χ1) is 3.41. The Kier molecular flexibility index (Phi) is 5.11. The lowest BCUT2D eigenvalue weighted by molar-refractivity contribution is 0.841. The minimum Gasteiger partial charge on any atom is -0.390 e. The molecular formula is C5H12N2. The lowest BCUT2D eigenvalue weighted by atomic mass is 10.6. The van der Waals surface area contributed by atoms with Crippen molar-refractivity contribution >= 4 is 0 Å². The molecule has 0 rings (SSSR count). The van der Waals surface area contributed by atoms with Crippen LogP contribution in [0.5, 0.6) is 0 Å². The monoisotopic (exact) mass is 100 g/mol. The van der Waals surface area contributed by atoms with Gasteiger partial charge in [-0.15, -0.1) is 0 Å². The summed E-state index contributed by atoms with van der Waals surface area (Å²) in [6, 6.07) is 0. The first kappa shape index (κ1) is 6.50. The van der Waals surface area contributed by atoms with Gasteiger partial charge in [-0.1, -0.05) is 6.08 Å². The van der Waals surface area contributed by atoms with E-state index < -0.39 is 0 Å². The normalized spacial score (nSPS) is 10.0. The molecule has 0 amide bonds. The zero-order valence-electron chi connectivity index (χ0n) is 4.65. The van der Waals surface area contributed by atoms with Gasteiger partial charge in [0, 0.05) is 13.1 Å². The van der Waals surface area contributed by atoms with Gasteiger partial charge in [-0.05, 0) is 13.1 Å². The van der Waals surface area contributed by atoms with E-state index in [0.717, 1.165) is 6.54 Å². The lowest BCUT2D eigenvalue weighted by Gasteiger charge is -1.91. The Morgan fingerprint density at radius 1 is 1.71 bits per heavy atom. The maximum Gasteiger partial charge on any atom is 0.0264 e. The Labute approximate surface area is 44.4 Å². The second kappa shape index (κ2) is 5.50. The zero-order valence-corrected chi connectivity index (χ0v) is 4.65. The molecule has 7 heavy (non-hydrogen) atoms.